The predicted octanol–water partition coefficient (Wildman–Crippen LogP) is 3.89. The second-order valence-corrected chi connectivity index (χ2v) is 7.03. The van der Waals surface area contributed by atoms with Crippen LogP contribution in [-0.2, 0) is 9.59 Å². The maximum atomic E-state index is 12.5. The van der Waals surface area contributed by atoms with Gasteiger partial charge in [0.15, 0.2) is 0 Å². The van der Waals surface area contributed by atoms with Gasteiger partial charge in [-0.3, -0.25) is 9.59 Å². The highest BCUT2D eigenvalue weighted by Gasteiger charge is 2.28. The zero-order valence-corrected chi connectivity index (χ0v) is 15.1. The third-order valence-corrected chi connectivity index (χ3v) is 4.43. The van der Waals surface area contributed by atoms with Crippen LogP contribution in [-0.4, -0.2) is 22.8 Å². The van der Waals surface area contributed by atoms with E-state index >= 15 is 0 Å². The van der Waals surface area contributed by atoms with Crippen molar-refractivity contribution in [3.63, 3.8) is 0 Å². The van der Waals surface area contributed by atoms with Gasteiger partial charge >= 0.3 is 0 Å². The molecule has 0 saturated heterocycles. The standard InChI is InChI=1S/C20H28N2O2/c1-14(2)9-10-15(3)21-20(24)13-19-18-8-6-5-7-17(18)11-12-22(19)16(4)23/h5-8,11-12,14-15,19H,9-10,13H2,1-4H3,(H,21,24). The number of carbonyl (C=O) groups is 2. The quantitative estimate of drug-likeness (QED) is 0.861. The zero-order valence-electron chi connectivity index (χ0n) is 15.1. The maximum absolute atomic E-state index is 12.5. The van der Waals surface area contributed by atoms with Crippen LogP contribution in [0.1, 0.15) is 64.1 Å². The molecular weight excluding hydrogens is 300 g/mol. The lowest BCUT2D eigenvalue weighted by atomic mass is 9.93. The molecule has 2 rings (SSSR count). The summed E-state index contributed by atoms with van der Waals surface area (Å²) in [5, 5.41) is 3.07. The molecule has 1 aromatic rings. The number of nitrogens with one attached hydrogen (secondary N) is 1. The average molecular weight is 328 g/mol. The van der Waals surface area contributed by atoms with E-state index in [1.807, 2.05) is 37.3 Å². The first kappa shape index (κ1) is 18.2. The molecule has 24 heavy (non-hydrogen) atoms. The normalized spacial score (nSPS) is 17.5. The lowest BCUT2D eigenvalue weighted by Crippen LogP contribution is -2.38. The number of hydrogen-bond acceptors (Lipinski definition) is 2. The molecule has 0 aromatic heterocycles. The van der Waals surface area contributed by atoms with Crippen molar-refractivity contribution in [3.8, 4) is 0 Å². The molecule has 0 radical (unpaired) electrons. The number of rotatable bonds is 6. The van der Waals surface area contributed by atoms with Gasteiger partial charge in [0.25, 0.3) is 0 Å². The van der Waals surface area contributed by atoms with Crippen LogP contribution in [0.15, 0.2) is 30.5 Å². The summed E-state index contributed by atoms with van der Waals surface area (Å²) in [7, 11) is 0. The Labute approximate surface area is 144 Å². The van der Waals surface area contributed by atoms with E-state index in [2.05, 4.69) is 19.2 Å². The molecule has 1 N–H and O–H groups in total. The zero-order chi connectivity index (χ0) is 17.7. The summed E-state index contributed by atoms with van der Waals surface area (Å²) < 4.78 is 0. The minimum Gasteiger partial charge on any atom is -0.354 e. The van der Waals surface area contributed by atoms with Crippen LogP contribution in [0.2, 0.25) is 0 Å². The molecule has 1 aliphatic rings. The Hall–Kier alpha value is -2.10. The van der Waals surface area contributed by atoms with Crippen molar-refractivity contribution in [2.24, 2.45) is 5.92 Å². The molecule has 2 amide bonds. The lowest BCUT2D eigenvalue weighted by Gasteiger charge is -2.32. The van der Waals surface area contributed by atoms with E-state index in [9.17, 15) is 9.59 Å². The Morgan fingerprint density at radius 2 is 1.88 bits per heavy atom. The van der Waals surface area contributed by atoms with Crippen LogP contribution in [0.3, 0.4) is 0 Å². The number of fused-ring (bicyclic) bond motifs is 1. The Morgan fingerprint density at radius 3 is 2.54 bits per heavy atom. The molecule has 0 aliphatic carbocycles. The molecule has 0 bridgehead atoms. The second kappa shape index (κ2) is 8.13. The molecule has 0 saturated carbocycles. The first-order valence-corrected chi connectivity index (χ1v) is 8.74. The van der Waals surface area contributed by atoms with Gasteiger partial charge in [0.2, 0.25) is 11.8 Å². The number of benzene rings is 1. The van der Waals surface area contributed by atoms with E-state index in [1.54, 1.807) is 11.1 Å². The van der Waals surface area contributed by atoms with Crippen LogP contribution in [0.5, 0.6) is 0 Å². The van der Waals surface area contributed by atoms with E-state index in [-0.39, 0.29) is 30.3 Å². The van der Waals surface area contributed by atoms with Gasteiger partial charge in [0.1, 0.15) is 0 Å². The van der Waals surface area contributed by atoms with Gasteiger partial charge in [-0.05, 0) is 42.9 Å². The van der Waals surface area contributed by atoms with E-state index in [1.165, 1.54) is 6.92 Å². The molecule has 1 aliphatic heterocycles. The molecule has 2 unspecified atom stereocenters. The van der Waals surface area contributed by atoms with Crippen LogP contribution in [0.25, 0.3) is 6.08 Å². The van der Waals surface area contributed by atoms with Gasteiger partial charge in [0.05, 0.1) is 12.5 Å². The van der Waals surface area contributed by atoms with Crippen LogP contribution in [0.4, 0.5) is 0 Å². The molecular formula is C20H28N2O2. The Kier molecular flexibility index (Phi) is 6.18. The first-order valence-electron chi connectivity index (χ1n) is 8.74. The van der Waals surface area contributed by atoms with Gasteiger partial charge in [-0.15, -0.1) is 0 Å². The summed E-state index contributed by atoms with van der Waals surface area (Å²) in [5.41, 5.74) is 2.10. The van der Waals surface area contributed by atoms with E-state index in [0.717, 1.165) is 24.0 Å². The Balaban J connectivity index is 2.06. The third kappa shape index (κ3) is 4.70. The number of amides is 2. The topological polar surface area (TPSA) is 49.4 Å². The molecule has 4 heteroatoms. The SMILES string of the molecule is CC(=O)N1C=Cc2ccccc2C1CC(=O)NC(C)CCC(C)C. The fourth-order valence-corrected chi connectivity index (χ4v) is 3.08. The van der Waals surface area contributed by atoms with Gasteiger partial charge < -0.3 is 10.2 Å². The summed E-state index contributed by atoms with van der Waals surface area (Å²) >= 11 is 0. The summed E-state index contributed by atoms with van der Waals surface area (Å²) in [4.78, 5) is 26.1. The highest BCUT2D eigenvalue weighted by Crippen LogP contribution is 2.32. The summed E-state index contributed by atoms with van der Waals surface area (Å²) in [5.74, 6) is 0.576. The highest BCUT2D eigenvalue weighted by atomic mass is 16.2. The monoisotopic (exact) mass is 328 g/mol. The van der Waals surface area contributed by atoms with E-state index in [4.69, 9.17) is 0 Å². The molecule has 4 nitrogen and oxygen atoms in total. The van der Waals surface area contributed by atoms with Crippen molar-refractivity contribution in [2.75, 3.05) is 0 Å². The van der Waals surface area contributed by atoms with Crippen LogP contribution in [0, 0.1) is 5.92 Å². The maximum Gasteiger partial charge on any atom is 0.223 e. The Morgan fingerprint density at radius 1 is 1.17 bits per heavy atom. The smallest absolute Gasteiger partial charge is 0.223 e. The van der Waals surface area contributed by atoms with E-state index in [0.29, 0.717) is 5.92 Å². The minimum atomic E-state index is -0.235. The van der Waals surface area contributed by atoms with Crippen molar-refractivity contribution in [3.05, 3.63) is 41.6 Å². The molecule has 1 aromatic carbocycles. The Bertz CT molecular complexity index is 622. The molecule has 2 atom stereocenters. The lowest BCUT2D eigenvalue weighted by molar-refractivity contribution is -0.130. The van der Waals surface area contributed by atoms with Crippen molar-refractivity contribution in [1.29, 1.82) is 0 Å². The van der Waals surface area contributed by atoms with Gasteiger partial charge in [-0.2, -0.15) is 0 Å². The summed E-state index contributed by atoms with van der Waals surface area (Å²) in [6.45, 7) is 7.95. The van der Waals surface area contributed by atoms with E-state index < -0.39 is 0 Å². The van der Waals surface area contributed by atoms with Crippen LogP contribution >= 0.6 is 0 Å². The van der Waals surface area contributed by atoms with Crippen molar-refractivity contribution in [2.45, 2.75) is 59.0 Å². The van der Waals surface area contributed by atoms with Gasteiger partial charge in [-0.1, -0.05) is 38.1 Å². The van der Waals surface area contributed by atoms with Crippen molar-refractivity contribution in [1.82, 2.24) is 10.2 Å². The number of carbonyl (C=O) groups excluding carboxylic acids is 2. The highest BCUT2D eigenvalue weighted by molar-refractivity contribution is 5.81. The molecule has 0 fully saturated rings. The van der Waals surface area contributed by atoms with Crippen LogP contribution < -0.4 is 5.32 Å². The van der Waals surface area contributed by atoms with Gasteiger partial charge in [-0.25, -0.2) is 0 Å². The van der Waals surface area contributed by atoms with Crippen molar-refractivity contribution >= 4 is 17.9 Å². The summed E-state index contributed by atoms with van der Waals surface area (Å²) in [6.07, 6.45) is 6.06. The van der Waals surface area contributed by atoms with Gasteiger partial charge in [0, 0.05) is 19.2 Å². The molecule has 1 heterocycles. The average Bonchev–Trinajstić information content (AvgIpc) is 2.52. The predicted molar refractivity (Wildman–Crippen MR) is 97.0 cm³/mol. The fraction of sp³-hybridized carbons (Fsp3) is 0.500. The third-order valence-electron chi connectivity index (χ3n) is 4.43. The summed E-state index contributed by atoms with van der Waals surface area (Å²) in [6, 6.07) is 7.85. The largest absolute Gasteiger partial charge is 0.354 e. The molecule has 0 spiro atoms. The first-order chi connectivity index (χ1) is 11.4. The molecule has 130 valence electrons. The fourth-order valence-electron chi connectivity index (χ4n) is 3.08. The second-order valence-electron chi connectivity index (χ2n) is 7.03. The van der Waals surface area contributed by atoms with Crippen molar-refractivity contribution < 1.29 is 9.59 Å². The minimum absolute atomic E-state index is 0.00684. The number of nitrogens with zero attached hydrogens (tertiary/aromatic N) is 1. The number of hydrogen-bond donors (Lipinski definition) is 1.